The number of hydrogen-bond acceptors (Lipinski definition) is 2. The Morgan fingerprint density at radius 1 is 0.750 bits per heavy atom. The second-order valence-electron chi connectivity index (χ2n) is 4.78. The molecular weight excluding hydrogens is 152 g/mol. The molecule has 2 nitrogen and oxygen atoms in total. The molecule has 3 aliphatic rings. The number of aliphatic hydroxyl groups excluding tert-OH is 2. The van der Waals surface area contributed by atoms with Crippen molar-refractivity contribution in [2.75, 3.05) is 0 Å². The molecule has 0 radical (unpaired) electrons. The van der Waals surface area contributed by atoms with Crippen molar-refractivity contribution in [3.8, 4) is 0 Å². The van der Waals surface area contributed by atoms with Crippen LogP contribution in [0.3, 0.4) is 0 Å². The molecule has 0 unspecified atom stereocenters. The van der Waals surface area contributed by atoms with Crippen molar-refractivity contribution in [3.63, 3.8) is 0 Å². The van der Waals surface area contributed by atoms with E-state index >= 15 is 0 Å². The van der Waals surface area contributed by atoms with Gasteiger partial charge < -0.3 is 10.2 Å². The minimum absolute atomic E-state index is 0.0741. The summed E-state index contributed by atoms with van der Waals surface area (Å²) in [7, 11) is 0. The molecule has 0 saturated heterocycles. The standard InChI is InChI=1S/C10H16O2/c11-8-4-3-5-6-1-2-7(9(5)8)10(6)12/h5-12H,1-4H2/t5-,6+,7-,8-,9-,10-/m0/s1. The molecule has 0 spiro atoms. The van der Waals surface area contributed by atoms with Crippen LogP contribution in [0.2, 0.25) is 0 Å². The SMILES string of the molecule is O[C@@H]1[C@H]2CC[C@@H]1[C@@H]1CC[C@H](O)[C@H]21. The van der Waals surface area contributed by atoms with Gasteiger partial charge in [-0.05, 0) is 49.4 Å². The zero-order chi connectivity index (χ0) is 8.29. The summed E-state index contributed by atoms with van der Waals surface area (Å²) >= 11 is 0. The maximum atomic E-state index is 9.84. The smallest absolute Gasteiger partial charge is 0.0603 e. The summed E-state index contributed by atoms with van der Waals surface area (Å²) < 4.78 is 0. The van der Waals surface area contributed by atoms with Crippen molar-refractivity contribution in [2.24, 2.45) is 23.7 Å². The van der Waals surface area contributed by atoms with E-state index in [1.54, 1.807) is 0 Å². The van der Waals surface area contributed by atoms with Crippen LogP contribution in [0, 0.1) is 23.7 Å². The summed E-state index contributed by atoms with van der Waals surface area (Å²) in [6.07, 6.45) is 4.33. The Bertz CT molecular complexity index is 202. The lowest BCUT2D eigenvalue weighted by Crippen LogP contribution is -2.25. The molecule has 3 aliphatic carbocycles. The highest BCUT2D eigenvalue weighted by Crippen LogP contribution is 2.58. The van der Waals surface area contributed by atoms with Crippen LogP contribution in [0.25, 0.3) is 0 Å². The second kappa shape index (κ2) is 2.24. The first-order valence-electron chi connectivity index (χ1n) is 5.15. The van der Waals surface area contributed by atoms with Crippen molar-refractivity contribution >= 4 is 0 Å². The van der Waals surface area contributed by atoms with Crippen LogP contribution in [0.4, 0.5) is 0 Å². The number of rotatable bonds is 0. The summed E-state index contributed by atoms with van der Waals surface area (Å²) in [5, 5.41) is 19.6. The van der Waals surface area contributed by atoms with Crippen LogP contribution in [-0.4, -0.2) is 22.4 Å². The normalized spacial score (nSPS) is 62.5. The van der Waals surface area contributed by atoms with Gasteiger partial charge in [0.15, 0.2) is 0 Å². The molecule has 2 bridgehead atoms. The van der Waals surface area contributed by atoms with E-state index in [0.29, 0.717) is 23.7 Å². The van der Waals surface area contributed by atoms with Gasteiger partial charge in [-0.15, -0.1) is 0 Å². The van der Waals surface area contributed by atoms with Crippen LogP contribution in [0.1, 0.15) is 25.7 Å². The number of fused-ring (bicyclic) bond motifs is 5. The second-order valence-corrected chi connectivity index (χ2v) is 4.78. The Morgan fingerprint density at radius 3 is 2.17 bits per heavy atom. The van der Waals surface area contributed by atoms with Crippen LogP contribution >= 0.6 is 0 Å². The lowest BCUT2D eigenvalue weighted by molar-refractivity contribution is 0.0640. The van der Waals surface area contributed by atoms with Crippen molar-refractivity contribution < 1.29 is 10.2 Å². The first kappa shape index (κ1) is 7.34. The molecule has 3 fully saturated rings. The van der Waals surface area contributed by atoms with Gasteiger partial charge in [0, 0.05) is 0 Å². The van der Waals surface area contributed by atoms with E-state index in [-0.39, 0.29) is 12.2 Å². The predicted molar refractivity (Wildman–Crippen MR) is 44.4 cm³/mol. The molecule has 2 N–H and O–H groups in total. The molecule has 0 aromatic heterocycles. The van der Waals surface area contributed by atoms with E-state index in [1.807, 2.05) is 0 Å². The van der Waals surface area contributed by atoms with Crippen LogP contribution in [-0.2, 0) is 0 Å². The summed E-state index contributed by atoms with van der Waals surface area (Å²) in [5.74, 6) is 2.10. The topological polar surface area (TPSA) is 40.5 Å². The molecule has 0 aromatic carbocycles. The van der Waals surface area contributed by atoms with E-state index in [0.717, 1.165) is 19.3 Å². The molecule has 0 aliphatic heterocycles. The lowest BCUT2D eigenvalue weighted by atomic mass is 9.81. The van der Waals surface area contributed by atoms with E-state index in [2.05, 4.69) is 0 Å². The third-order valence-electron chi connectivity index (χ3n) is 4.49. The first-order chi connectivity index (χ1) is 5.79. The average molecular weight is 168 g/mol. The van der Waals surface area contributed by atoms with Crippen molar-refractivity contribution in [1.82, 2.24) is 0 Å². The zero-order valence-electron chi connectivity index (χ0n) is 7.19. The zero-order valence-corrected chi connectivity index (χ0v) is 7.19. The molecule has 2 heteroatoms. The lowest BCUT2D eigenvalue weighted by Gasteiger charge is -2.25. The minimum atomic E-state index is -0.0973. The Morgan fingerprint density at radius 2 is 1.42 bits per heavy atom. The maximum Gasteiger partial charge on any atom is 0.0603 e. The fourth-order valence-corrected chi connectivity index (χ4v) is 4.07. The average Bonchev–Trinajstić information content (AvgIpc) is 2.66. The van der Waals surface area contributed by atoms with E-state index in [4.69, 9.17) is 0 Å². The Kier molecular flexibility index (Phi) is 1.37. The van der Waals surface area contributed by atoms with Gasteiger partial charge in [-0.3, -0.25) is 0 Å². The highest BCUT2D eigenvalue weighted by molar-refractivity contribution is 5.07. The molecule has 68 valence electrons. The molecule has 0 amide bonds. The highest BCUT2D eigenvalue weighted by atomic mass is 16.3. The summed E-state index contributed by atoms with van der Waals surface area (Å²) in [6, 6.07) is 0. The molecule has 3 saturated carbocycles. The Hall–Kier alpha value is -0.0800. The van der Waals surface area contributed by atoms with Crippen LogP contribution in [0.5, 0.6) is 0 Å². The van der Waals surface area contributed by atoms with Gasteiger partial charge in [0.2, 0.25) is 0 Å². The predicted octanol–water partition coefficient (Wildman–Crippen LogP) is 0.774. The Labute approximate surface area is 72.6 Å². The largest absolute Gasteiger partial charge is 0.393 e. The van der Waals surface area contributed by atoms with E-state index in [9.17, 15) is 10.2 Å². The molecule has 12 heavy (non-hydrogen) atoms. The Balaban J connectivity index is 1.93. The van der Waals surface area contributed by atoms with Gasteiger partial charge in [0.25, 0.3) is 0 Å². The van der Waals surface area contributed by atoms with E-state index in [1.165, 1.54) is 6.42 Å². The molecule has 0 aromatic rings. The summed E-state index contributed by atoms with van der Waals surface area (Å²) in [5.41, 5.74) is 0. The third kappa shape index (κ3) is 0.686. The van der Waals surface area contributed by atoms with Crippen molar-refractivity contribution in [2.45, 2.75) is 37.9 Å². The highest BCUT2D eigenvalue weighted by Gasteiger charge is 2.58. The van der Waals surface area contributed by atoms with Gasteiger partial charge in [-0.25, -0.2) is 0 Å². The summed E-state index contributed by atoms with van der Waals surface area (Å²) in [6.45, 7) is 0. The summed E-state index contributed by atoms with van der Waals surface area (Å²) in [4.78, 5) is 0. The van der Waals surface area contributed by atoms with Crippen molar-refractivity contribution in [1.29, 1.82) is 0 Å². The van der Waals surface area contributed by atoms with Crippen LogP contribution in [0.15, 0.2) is 0 Å². The number of aliphatic hydroxyl groups is 2. The minimum Gasteiger partial charge on any atom is -0.393 e. The third-order valence-corrected chi connectivity index (χ3v) is 4.49. The fourth-order valence-electron chi connectivity index (χ4n) is 4.07. The van der Waals surface area contributed by atoms with Crippen molar-refractivity contribution in [3.05, 3.63) is 0 Å². The molecule has 3 rings (SSSR count). The molecule has 0 heterocycles. The van der Waals surface area contributed by atoms with Gasteiger partial charge in [0.1, 0.15) is 0 Å². The molecular formula is C10H16O2. The first-order valence-corrected chi connectivity index (χ1v) is 5.15. The van der Waals surface area contributed by atoms with Gasteiger partial charge in [0.05, 0.1) is 12.2 Å². The van der Waals surface area contributed by atoms with Gasteiger partial charge >= 0.3 is 0 Å². The molecule has 6 atom stereocenters. The maximum absolute atomic E-state index is 9.84. The quantitative estimate of drug-likeness (QED) is 0.561. The fraction of sp³-hybridized carbons (Fsp3) is 1.00. The van der Waals surface area contributed by atoms with Gasteiger partial charge in [-0.1, -0.05) is 0 Å². The number of hydrogen-bond donors (Lipinski definition) is 2. The van der Waals surface area contributed by atoms with Crippen LogP contribution < -0.4 is 0 Å². The monoisotopic (exact) mass is 168 g/mol. The van der Waals surface area contributed by atoms with E-state index < -0.39 is 0 Å². The van der Waals surface area contributed by atoms with Gasteiger partial charge in [-0.2, -0.15) is 0 Å².